The summed E-state index contributed by atoms with van der Waals surface area (Å²) in [6, 6.07) is 8.66. The number of benzene rings is 1. The number of ether oxygens (including phenoxy) is 1. The molecule has 25 heavy (non-hydrogen) atoms. The van der Waals surface area contributed by atoms with Crippen molar-refractivity contribution in [1.82, 2.24) is 10.2 Å². The van der Waals surface area contributed by atoms with Gasteiger partial charge in [-0.3, -0.25) is 9.59 Å². The Morgan fingerprint density at radius 3 is 2.68 bits per heavy atom. The minimum Gasteiger partial charge on any atom is -0.479 e. The first-order chi connectivity index (χ1) is 12.0. The molecule has 1 fully saturated rings. The second-order valence-corrected chi connectivity index (χ2v) is 6.05. The normalized spacial score (nSPS) is 18.4. The average molecular weight is 348 g/mol. The number of nitrogens with one attached hydrogen (secondary N) is 1. The van der Waals surface area contributed by atoms with E-state index in [0.717, 1.165) is 12.0 Å². The van der Waals surface area contributed by atoms with Gasteiger partial charge in [-0.2, -0.15) is 0 Å². The van der Waals surface area contributed by atoms with Gasteiger partial charge >= 0.3 is 5.97 Å². The summed E-state index contributed by atoms with van der Waals surface area (Å²) in [7, 11) is 0. The second-order valence-electron chi connectivity index (χ2n) is 6.05. The highest BCUT2D eigenvalue weighted by Crippen LogP contribution is 2.10. The van der Waals surface area contributed by atoms with E-state index in [1.807, 2.05) is 37.3 Å². The zero-order valence-electron chi connectivity index (χ0n) is 14.3. The maximum atomic E-state index is 12.7. The molecule has 2 rings (SSSR count). The fourth-order valence-electron chi connectivity index (χ4n) is 2.79. The average Bonchev–Trinajstić information content (AvgIpc) is 2.61. The first kappa shape index (κ1) is 18.9. The lowest BCUT2D eigenvalue weighted by Gasteiger charge is -2.33. The van der Waals surface area contributed by atoms with Gasteiger partial charge in [-0.1, -0.05) is 43.7 Å². The van der Waals surface area contributed by atoms with Gasteiger partial charge < -0.3 is 20.1 Å². The molecule has 1 aliphatic rings. The molecule has 136 valence electrons. The van der Waals surface area contributed by atoms with Gasteiger partial charge in [-0.25, -0.2) is 4.79 Å². The monoisotopic (exact) mass is 348 g/mol. The summed E-state index contributed by atoms with van der Waals surface area (Å²) in [5.41, 5.74) is 0.875. The highest BCUT2D eigenvalue weighted by Gasteiger charge is 2.32. The maximum Gasteiger partial charge on any atom is 0.334 e. The Hall–Kier alpha value is -2.41. The summed E-state index contributed by atoms with van der Waals surface area (Å²) in [5.74, 6) is -1.56. The Balaban J connectivity index is 1.97. The van der Waals surface area contributed by atoms with E-state index in [0.29, 0.717) is 13.0 Å². The molecule has 2 unspecified atom stereocenters. The lowest BCUT2D eigenvalue weighted by atomic mass is 10.1. The van der Waals surface area contributed by atoms with Crippen molar-refractivity contribution >= 4 is 17.8 Å². The van der Waals surface area contributed by atoms with E-state index in [4.69, 9.17) is 9.84 Å². The molecule has 2 amide bonds. The van der Waals surface area contributed by atoms with Crippen molar-refractivity contribution in [2.45, 2.75) is 38.3 Å². The number of carbonyl (C=O) groups is 3. The van der Waals surface area contributed by atoms with Crippen LogP contribution in [-0.4, -0.2) is 59.6 Å². The molecule has 0 saturated carbocycles. The van der Waals surface area contributed by atoms with Crippen LogP contribution >= 0.6 is 0 Å². The molecule has 7 nitrogen and oxygen atoms in total. The van der Waals surface area contributed by atoms with Crippen molar-refractivity contribution in [1.29, 1.82) is 0 Å². The third kappa shape index (κ3) is 5.56. The van der Waals surface area contributed by atoms with Crippen LogP contribution in [0.1, 0.15) is 25.3 Å². The van der Waals surface area contributed by atoms with Crippen LogP contribution in [0.3, 0.4) is 0 Å². The summed E-state index contributed by atoms with van der Waals surface area (Å²) in [4.78, 5) is 37.5. The van der Waals surface area contributed by atoms with E-state index in [1.165, 1.54) is 4.90 Å². The quantitative estimate of drug-likeness (QED) is 0.761. The molecule has 1 aliphatic heterocycles. The summed E-state index contributed by atoms with van der Waals surface area (Å²) < 4.78 is 5.14. The molecule has 7 heteroatoms. The zero-order chi connectivity index (χ0) is 18.2. The predicted molar refractivity (Wildman–Crippen MR) is 90.9 cm³/mol. The molecule has 0 bridgehead atoms. The highest BCUT2D eigenvalue weighted by molar-refractivity contribution is 5.89. The van der Waals surface area contributed by atoms with Crippen molar-refractivity contribution < 1.29 is 24.2 Å². The van der Waals surface area contributed by atoms with Crippen LogP contribution in [0.4, 0.5) is 0 Å². The summed E-state index contributed by atoms with van der Waals surface area (Å²) >= 11 is 0. The number of hydrogen-bond acceptors (Lipinski definition) is 4. The van der Waals surface area contributed by atoms with E-state index in [1.54, 1.807) is 0 Å². The Bertz CT molecular complexity index is 605. The molecule has 1 saturated heterocycles. The van der Waals surface area contributed by atoms with Crippen LogP contribution in [0.5, 0.6) is 0 Å². The molecule has 0 aromatic heterocycles. The molecule has 0 aliphatic carbocycles. The third-order valence-electron chi connectivity index (χ3n) is 4.07. The SMILES string of the molecule is CCCC(NC(=O)Cc1ccccc1)C(=O)N1CCOC(C(=O)O)C1. The van der Waals surface area contributed by atoms with Crippen molar-refractivity contribution in [2.75, 3.05) is 19.7 Å². The van der Waals surface area contributed by atoms with Crippen LogP contribution < -0.4 is 5.32 Å². The number of carboxylic acids is 1. The maximum absolute atomic E-state index is 12.7. The Labute approximate surface area is 147 Å². The number of amides is 2. The lowest BCUT2D eigenvalue weighted by Crippen LogP contribution is -2.55. The molecule has 0 spiro atoms. The Morgan fingerprint density at radius 1 is 1.32 bits per heavy atom. The smallest absolute Gasteiger partial charge is 0.334 e. The topological polar surface area (TPSA) is 95.9 Å². The van der Waals surface area contributed by atoms with Gasteiger partial charge in [0, 0.05) is 6.54 Å². The van der Waals surface area contributed by atoms with Crippen LogP contribution in [0.25, 0.3) is 0 Å². The number of carboxylic acid groups (broad SMARTS) is 1. The fraction of sp³-hybridized carbons (Fsp3) is 0.500. The number of nitrogens with zero attached hydrogens (tertiary/aromatic N) is 1. The molecular weight excluding hydrogens is 324 g/mol. The minimum absolute atomic E-state index is 0.00291. The van der Waals surface area contributed by atoms with Crippen molar-refractivity contribution in [3.8, 4) is 0 Å². The first-order valence-corrected chi connectivity index (χ1v) is 8.47. The molecule has 1 aromatic rings. The van der Waals surface area contributed by atoms with E-state index in [9.17, 15) is 14.4 Å². The van der Waals surface area contributed by atoms with Gasteiger partial charge in [0.25, 0.3) is 0 Å². The highest BCUT2D eigenvalue weighted by atomic mass is 16.5. The molecular formula is C18H24N2O5. The number of carbonyl (C=O) groups excluding carboxylic acids is 2. The lowest BCUT2D eigenvalue weighted by molar-refractivity contribution is -0.160. The number of rotatable bonds is 7. The standard InChI is InChI=1S/C18H24N2O5/c1-2-6-14(19-16(21)11-13-7-4-3-5-8-13)17(22)20-9-10-25-15(12-20)18(23)24/h3-5,7-8,14-15H,2,6,9-12H2,1H3,(H,19,21)(H,23,24). The fourth-order valence-corrected chi connectivity index (χ4v) is 2.79. The van der Waals surface area contributed by atoms with Crippen molar-refractivity contribution in [2.24, 2.45) is 0 Å². The van der Waals surface area contributed by atoms with E-state index in [-0.39, 0.29) is 31.4 Å². The minimum atomic E-state index is -1.09. The van der Waals surface area contributed by atoms with Crippen molar-refractivity contribution in [3.05, 3.63) is 35.9 Å². The number of morpholine rings is 1. The van der Waals surface area contributed by atoms with E-state index in [2.05, 4.69) is 5.32 Å². The van der Waals surface area contributed by atoms with Gasteiger partial charge in [0.05, 0.1) is 19.6 Å². The number of hydrogen-bond donors (Lipinski definition) is 2. The second kappa shape index (κ2) is 9.17. The predicted octanol–water partition coefficient (Wildman–Crippen LogP) is 0.826. The number of aliphatic carboxylic acids is 1. The van der Waals surface area contributed by atoms with Gasteiger partial charge in [-0.05, 0) is 12.0 Å². The largest absolute Gasteiger partial charge is 0.479 e. The van der Waals surface area contributed by atoms with Crippen LogP contribution in [0.15, 0.2) is 30.3 Å². The summed E-state index contributed by atoms with van der Waals surface area (Å²) in [5, 5.41) is 11.8. The van der Waals surface area contributed by atoms with Crippen LogP contribution in [0.2, 0.25) is 0 Å². The first-order valence-electron chi connectivity index (χ1n) is 8.47. The van der Waals surface area contributed by atoms with Gasteiger partial charge in [0.15, 0.2) is 6.10 Å². The Kier molecular flexibility index (Phi) is 6.94. The third-order valence-corrected chi connectivity index (χ3v) is 4.07. The van der Waals surface area contributed by atoms with Crippen LogP contribution in [0, 0.1) is 0 Å². The van der Waals surface area contributed by atoms with Crippen LogP contribution in [-0.2, 0) is 25.5 Å². The molecule has 2 N–H and O–H groups in total. The summed E-state index contributed by atoms with van der Waals surface area (Å²) in [6.07, 6.45) is 0.429. The van der Waals surface area contributed by atoms with Crippen molar-refractivity contribution in [3.63, 3.8) is 0 Å². The van der Waals surface area contributed by atoms with E-state index < -0.39 is 18.1 Å². The van der Waals surface area contributed by atoms with Gasteiger partial charge in [0.1, 0.15) is 6.04 Å². The Morgan fingerprint density at radius 2 is 2.04 bits per heavy atom. The summed E-state index contributed by atoms with van der Waals surface area (Å²) in [6.45, 7) is 2.45. The molecule has 0 radical (unpaired) electrons. The molecule has 1 heterocycles. The van der Waals surface area contributed by atoms with E-state index >= 15 is 0 Å². The zero-order valence-corrected chi connectivity index (χ0v) is 14.3. The molecule has 1 aromatic carbocycles. The molecule has 2 atom stereocenters. The van der Waals surface area contributed by atoms with Gasteiger partial charge in [-0.15, -0.1) is 0 Å². The van der Waals surface area contributed by atoms with Gasteiger partial charge in [0.2, 0.25) is 11.8 Å².